The molecule has 2 aromatic rings. The Balaban J connectivity index is 2.01. The van der Waals surface area contributed by atoms with E-state index in [1.54, 1.807) is 0 Å². The number of hydrogen-bond donors (Lipinski definition) is 2. The highest BCUT2D eigenvalue weighted by atomic mass is 16.6. The Morgan fingerprint density at radius 2 is 1.73 bits per heavy atom. The van der Waals surface area contributed by atoms with Crippen molar-refractivity contribution in [3.63, 3.8) is 0 Å². The molecule has 6 heterocycles. The van der Waals surface area contributed by atoms with E-state index in [-0.39, 0.29) is 11.8 Å². The van der Waals surface area contributed by atoms with Gasteiger partial charge in [-0.05, 0) is 85.7 Å². The number of esters is 2. The van der Waals surface area contributed by atoms with E-state index in [0.29, 0.717) is 17.8 Å². The molecule has 6 rings (SSSR count). The lowest BCUT2D eigenvalue weighted by Gasteiger charge is -2.22. The summed E-state index contributed by atoms with van der Waals surface area (Å²) in [7, 11) is 0. The van der Waals surface area contributed by atoms with Crippen LogP contribution in [0.2, 0.25) is 0 Å². The molecule has 0 radical (unpaired) electrons. The third-order valence-corrected chi connectivity index (χ3v) is 8.94. The molecule has 2 aromatic heterocycles. The summed E-state index contributed by atoms with van der Waals surface area (Å²) in [6.07, 6.45) is 2.72. The zero-order valence-corrected chi connectivity index (χ0v) is 25.2. The van der Waals surface area contributed by atoms with Gasteiger partial charge in [0.15, 0.2) is 0 Å². The van der Waals surface area contributed by atoms with Crippen LogP contribution >= 0.6 is 0 Å². The molecule has 2 atom stereocenters. The molecule has 0 amide bonds. The fraction of sp³-hybridized carbons (Fsp3) is 0.353. The van der Waals surface area contributed by atoms with Crippen molar-refractivity contribution in [1.29, 1.82) is 0 Å². The van der Waals surface area contributed by atoms with Crippen LogP contribution in [0.25, 0.3) is 28.3 Å². The van der Waals surface area contributed by atoms with Gasteiger partial charge in [-0.15, -0.1) is 0 Å². The first-order valence-corrected chi connectivity index (χ1v) is 14.2. The van der Waals surface area contributed by atoms with Gasteiger partial charge >= 0.3 is 11.9 Å². The molecule has 0 aromatic carbocycles. The molecule has 0 saturated heterocycles. The first-order chi connectivity index (χ1) is 19.5. The van der Waals surface area contributed by atoms with E-state index >= 15 is 0 Å². The van der Waals surface area contributed by atoms with Crippen LogP contribution in [0.5, 0.6) is 0 Å². The van der Waals surface area contributed by atoms with E-state index in [1.807, 2.05) is 19.9 Å². The van der Waals surface area contributed by atoms with Crippen LogP contribution < -0.4 is 5.32 Å². The topological polar surface area (TPSA) is 97.0 Å². The van der Waals surface area contributed by atoms with Gasteiger partial charge < -0.3 is 15.0 Å². The molecule has 41 heavy (non-hydrogen) atoms. The first kappa shape index (κ1) is 28.3. The number of allylic oxidation sites excluding steroid dienone is 2. The minimum absolute atomic E-state index is 0.0398. The SMILES string of the molecule is C=Cc1c(C)c2cc3nc(c(C(=O)OC(C)=O)c4c(C)c(C)c(cc5nc(cc1[nH]2)C(C)=C5CC)NC4)C(C)[C@@H]3C. The van der Waals surface area contributed by atoms with Crippen molar-refractivity contribution >= 4 is 45.9 Å². The first-order valence-electron chi connectivity index (χ1n) is 14.2. The molecule has 4 aliphatic heterocycles. The van der Waals surface area contributed by atoms with Gasteiger partial charge in [0.1, 0.15) is 0 Å². The van der Waals surface area contributed by atoms with E-state index < -0.39 is 11.9 Å². The summed E-state index contributed by atoms with van der Waals surface area (Å²) in [5.74, 6) is -1.34. The molecule has 4 aliphatic rings. The van der Waals surface area contributed by atoms with Crippen molar-refractivity contribution in [1.82, 2.24) is 15.0 Å². The predicted octanol–water partition coefficient (Wildman–Crippen LogP) is 7.84. The lowest BCUT2D eigenvalue weighted by Crippen LogP contribution is -2.19. The summed E-state index contributed by atoms with van der Waals surface area (Å²) in [4.78, 5) is 39.1. The Kier molecular flexibility index (Phi) is 7.32. The number of ether oxygens (including phenoxy) is 1. The van der Waals surface area contributed by atoms with Crippen LogP contribution in [-0.4, -0.2) is 26.9 Å². The van der Waals surface area contributed by atoms with Crippen molar-refractivity contribution in [2.45, 2.75) is 80.2 Å². The van der Waals surface area contributed by atoms with Crippen LogP contribution in [0, 0.1) is 20.8 Å². The van der Waals surface area contributed by atoms with Crippen LogP contribution in [0.3, 0.4) is 0 Å². The molecule has 1 unspecified atom stereocenters. The zero-order valence-electron chi connectivity index (χ0n) is 25.2. The Labute approximate surface area is 241 Å². The van der Waals surface area contributed by atoms with E-state index in [1.165, 1.54) is 12.5 Å². The number of nitrogens with zero attached hydrogens (tertiary/aromatic N) is 2. The summed E-state index contributed by atoms with van der Waals surface area (Å²) in [6, 6.07) is 6.26. The second-order valence-electron chi connectivity index (χ2n) is 11.2. The highest BCUT2D eigenvalue weighted by Crippen LogP contribution is 2.40. The number of hydrogen-bond acceptors (Lipinski definition) is 6. The number of aromatic nitrogens is 3. The average Bonchev–Trinajstić information content (AvgIpc) is 3.48. The molecule has 0 spiro atoms. The van der Waals surface area contributed by atoms with Gasteiger partial charge in [0.25, 0.3) is 0 Å². The van der Waals surface area contributed by atoms with Crippen molar-refractivity contribution in [2.24, 2.45) is 0 Å². The summed E-state index contributed by atoms with van der Waals surface area (Å²) in [5.41, 5.74) is 13.7. The lowest BCUT2D eigenvalue weighted by atomic mass is 9.88. The van der Waals surface area contributed by atoms with Crippen molar-refractivity contribution in [3.05, 3.63) is 80.9 Å². The van der Waals surface area contributed by atoms with Gasteiger partial charge in [-0.3, -0.25) is 9.78 Å². The second-order valence-corrected chi connectivity index (χ2v) is 11.2. The summed E-state index contributed by atoms with van der Waals surface area (Å²) in [5, 5.41) is 3.53. The molecule has 212 valence electrons. The van der Waals surface area contributed by atoms with Crippen LogP contribution in [0.15, 0.2) is 24.8 Å². The number of nitrogens with one attached hydrogen (secondary N) is 2. The van der Waals surface area contributed by atoms with E-state index in [0.717, 1.165) is 73.6 Å². The molecule has 7 nitrogen and oxygen atoms in total. The van der Waals surface area contributed by atoms with Crippen molar-refractivity contribution in [2.75, 3.05) is 5.32 Å². The third-order valence-electron chi connectivity index (χ3n) is 8.94. The standard InChI is InChI=1S/C34H38N4O3/c1-10-23-21(8)29-14-31-24(11-2)20(7)28(36-31)13-27-18(5)19(6)33(38-27)32(34(40)41-22(9)39)25-15-35-26(12-30(23)37-29)17(4)16(25)3/h11-14,18-19,35-36H,2,10,15H2,1,3-9H3/t18-,19?/m0/s1. The van der Waals surface area contributed by atoms with Crippen molar-refractivity contribution in [3.8, 4) is 0 Å². The molecule has 2 N–H and O–H groups in total. The van der Waals surface area contributed by atoms with Gasteiger partial charge in [-0.25, -0.2) is 9.78 Å². The maximum atomic E-state index is 13.5. The fourth-order valence-electron chi connectivity index (χ4n) is 6.09. The maximum absolute atomic E-state index is 13.5. The predicted molar refractivity (Wildman–Crippen MR) is 165 cm³/mol. The summed E-state index contributed by atoms with van der Waals surface area (Å²) >= 11 is 0. The summed E-state index contributed by atoms with van der Waals surface area (Å²) in [6.45, 7) is 20.3. The van der Waals surface area contributed by atoms with Crippen LogP contribution in [-0.2, 0) is 16.1 Å². The number of aryl methyl sites for hydroxylation is 1. The van der Waals surface area contributed by atoms with Gasteiger partial charge in [-0.2, -0.15) is 0 Å². The Morgan fingerprint density at radius 3 is 2.39 bits per heavy atom. The van der Waals surface area contributed by atoms with Gasteiger partial charge in [0, 0.05) is 53.3 Å². The Bertz CT molecular complexity index is 1740. The molecule has 0 fully saturated rings. The summed E-state index contributed by atoms with van der Waals surface area (Å²) < 4.78 is 5.18. The molecular formula is C34H38N4O3. The molecular weight excluding hydrogens is 512 g/mol. The average molecular weight is 551 g/mol. The minimum atomic E-state index is -0.668. The highest BCUT2D eigenvalue weighted by Gasteiger charge is 2.33. The number of rotatable bonds is 3. The van der Waals surface area contributed by atoms with Gasteiger partial charge in [-0.1, -0.05) is 33.4 Å². The Hall–Kier alpha value is -4.26. The molecule has 0 saturated carbocycles. The van der Waals surface area contributed by atoms with Gasteiger partial charge in [0.05, 0.1) is 22.6 Å². The number of carbonyl (C=O) groups excluding carboxylic acids is 2. The maximum Gasteiger partial charge on any atom is 0.348 e. The normalized spacial score (nSPS) is 17.2. The second kappa shape index (κ2) is 10.6. The van der Waals surface area contributed by atoms with E-state index in [4.69, 9.17) is 14.7 Å². The van der Waals surface area contributed by atoms with E-state index in [9.17, 15) is 9.59 Å². The number of H-pyrrole nitrogens is 1. The minimum Gasteiger partial charge on any atom is -0.390 e. The largest absolute Gasteiger partial charge is 0.390 e. The molecule has 7 heteroatoms. The Morgan fingerprint density at radius 1 is 1.00 bits per heavy atom. The lowest BCUT2D eigenvalue weighted by molar-refractivity contribution is -0.135. The monoisotopic (exact) mass is 550 g/mol. The van der Waals surface area contributed by atoms with E-state index in [2.05, 4.69) is 69.7 Å². The van der Waals surface area contributed by atoms with Crippen LogP contribution in [0.1, 0.15) is 114 Å². The third kappa shape index (κ3) is 4.73. The zero-order chi connectivity index (χ0) is 29.7. The number of aromatic amines is 1. The number of anilines is 1. The van der Waals surface area contributed by atoms with Crippen LogP contribution in [0.4, 0.5) is 5.69 Å². The quantitative estimate of drug-likeness (QED) is 0.298. The van der Waals surface area contributed by atoms with Gasteiger partial charge in [0.2, 0.25) is 0 Å². The molecule has 8 bridgehead atoms. The smallest absolute Gasteiger partial charge is 0.348 e. The van der Waals surface area contributed by atoms with Crippen molar-refractivity contribution < 1.29 is 14.3 Å². The molecule has 0 aliphatic carbocycles. The highest BCUT2D eigenvalue weighted by molar-refractivity contribution is 5.99. The fourth-order valence-corrected chi connectivity index (χ4v) is 6.09. The number of carbonyl (C=O) groups is 2. The number of fused-ring (bicyclic) bond motifs is 2.